The first-order chi connectivity index (χ1) is 13.0. The van der Waals surface area contributed by atoms with Crippen LogP contribution in [0.4, 0.5) is 4.79 Å². The molecule has 1 aromatic heterocycles. The summed E-state index contributed by atoms with van der Waals surface area (Å²) in [7, 11) is 0. The highest BCUT2D eigenvalue weighted by Gasteiger charge is 2.23. The van der Waals surface area contributed by atoms with Gasteiger partial charge >= 0.3 is 6.09 Å². The molecule has 1 aliphatic heterocycles. The van der Waals surface area contributed by atoms with E-state index in [1.165, 1.54) is 6.92 Å². The Labute approximate surface area is 158 Å². The fourth-order valence-electron chi connectivity index (χ4n) is 3.48. The van der Waals surface area contributed by atoms with Gasteiger partial charge in [-0.2, -0.15) is 0 Å². The highest BCUT2D eigenvalue weighted by atomic mass is 16.6. The van der Waals surface area contributed by atoms with E-state index in [0.29, 0.717) is 38.2 Å². The fourth-order valence-corrected chi connectivity index (χ4v) is 3.48. The topological polar surface area (TPSA) is 80.6 Å². The smallest absolute Gasteiger partial charge is 0.409 e. The molecule has 2 amide bonds. The number of amides is 2. The number of para-hydroxylation sites is 1. The number of carbonyl (C=O) groups excluding carboxylic acids is 3. The summed E-state index contributed by atoms with van der Waals surface area (Å²) in [5.74, 6) is -0.150. The van der Waals surface area contributed by atoms with Crippen LogP contribution in [0.5, 0.6) is 0 Å². The Morgan fingerprint density at radius 1 is 1.30 bits per heavy atom. The van der Waals surface area contributed by atoms with Crippen LogP contribution in [-0.4, -0.2) is 53.5 Å². The first-order valence-corrected chi connectivity index (χ1v) is 9.32. The van der Waals surface area contributed by atoms with Crippen molar-refractivity contribution in [3.8, 4) is 0 Å². The number of nitrogens with zero attached hydrogens (tertiary/aromatic N) is 2. The number of nitrogens with one attached hydrogen (secondary N) is 1. The first kappa shape index (κ1) is 18.9. The number of hydrogen-bond donors (Lipinski definition) is 1. The summed E-state index contributed by atoms with van der Waals surface area (Å²) in [6.45, 7) is 5.36. The Balaban J connectivity index is 1.73. The average Bonchev–Trinajstić information content (AvgIpc) is 3.04. The Bertz CT molecular complexity index is 858. The third-order valence-electron chi connectivity index (χ3n) is 4.88. The Hall–Kier alpha value is -2.83. The van der Waals surface area contributed by atoms with Gasteiger partial charge in [-0.05, 0) is 25.8 Å². The molecule has 1 atom stereocenters. The minimum atomic E-state index is -0.420. The van der Waals surface area contributed by atoms with Crippen molar-refractivity contribution in [1.82, 2.24) is 14.8 Å². The van der Waals surface area contributed by atoms with Crippen LogP contribution in [0.2, 0.25) is 0 Å². The van der Waals surface area contributed by atoms with Crippen molar-refractivity contribution in [2.45, 2.75) is 32.7 Å². The van der Waals surface area contributed by atoms with Crippen LogP contribution in [0.15, 0.2) is 30.5 Å². The highest BCUT2D eigenvalue weighted by molar-refractivity contribution is 6.07. The van der Waals surface area contributed by atoms with Crippen LogP contribution < -0.4 is 5.32 Å². The Morgan fingerprint density at radius 2 is 2.07 bits per heavy atom. The number of Topliss-reactive ketones (excluding diaryl/α,β-unsaturated/α-hetero) is 1. The number of aromatic nitrogens is 1. The van der Waals surface area contributed by atoms with Gasteiger partial charge in [0.05, 0.1) is 6.61 Å². The van der Waals surface area contributed by atoms with E-state index >= 15 is 0 Å². The van der Waals surface area contributed by atoms with Gasteiger partial charge in [-0.25, -0.2) is 4.79 Å². The molecule has 2 aromatic rings. The molecule has 1 N–H and O–H groups in total. The van der Waals surface area contributed by atoms with E-state index in [2.05, 4.69) is 5.32 Å². The van der Waals surface area contributed by atoms with Crippen LogP contribution >= 0.6 is 0 Å². The molecule has 1 aliphatic rings. The van der Waals surface area contributed by atoms with Crippen LogP contribution in [0, 0.1) is 0 Å². The summed E-state index contributed by atoms with van der Waals surface area (Å²) in [6, 6.07) is 7.18. The predicted octanol–water partition coefficient (Wildman–Crippen LogP) is 2.75. The summed E-state index contributed by atoms with van der Waals surface area (Å²) in [5, 5.41) is 3.76. The molecule has 144 valence electrons. The minimum Gasteiger partial charge on any atom is -0.449 e. The maximum Gasteiger partial charge on any atom is 0.409 e. The number of ether oxygens (including phenoxy) is 1. The monoisotopic (exact) mass is 371 g/mol. The molecule has 3 rings (SSSR count). The van der Waals surface area contributed by atoms with E-state index in [9.17, 15) is 14.4 Å². The number of hydrogen-bond acceptors (Lipinski definition) is 4. The van der Waals surface area contributed by atoms with Crippen molar-refractivity contribution >= 4 is 28.7 Å². The van der Waals surface area contributed by atoms with Crippen LogP contribution in [0.25, 0.3) is 10.9 Å². The third-order valence-corrected chi connectivity index (χ3v) is 4.88. The normalized spacial score (nSPS) is 15.5. The van der Waals surface area contributed by atoms with Gasteiger partial charge in [-0.1, -0.05) is 25.1 Å². The maximum atomic E-state index is 12.8. The molecule has 7 nitrogen and oxygen atoms in total. The number of cyclic esters (lactones) is 1. The van der Waals surface area contributed by atoms with Gasteiger partial charge < -0.3 is 19.5 Å². The third kappa shape index (κ3) is 3.97. The van der Waals surface area contributed by atoms with Crippen molar-refractivity contribution in [2.24, 2.45) is 0 Å². The van der Waals surface area contributed by atoms with E-state index in [1.54, 1.807) is 11.1 Å². The summed E-state index contributed by atoms with van der Waals surface area (Å²) < 4.78 is 6.87. The first-order valence-electron chi connectivity index (χ1n) is 9.32. The van der Waals surface area contributed by atoms with Crippen LogP contribution in [0.1, 0.15) is 43.1 Å². The maximum absolute atomic E-state index is 12.8. The van der Waals surface area contributed by atoms with E-state index in [0.717, 1.165) is 17.3 Å². The number of carbonyl (C=O) groups is 3. The lowest BCUT2D eigenvalue weighted by atomic mass is 10.1. The van der Waals surface area contributed by atoms with Crippen molar-refractivity contribution in [3.05, 3.63) is 36.0 Å². The van der Waals surface area contributed by atoms with Crippen molar-refractivity contribution < 1.29 is 19.1 Å². The van der Waals surface area contributed by atoms with E-state index in [1.807, 2.05) is 35.8 Å². The average molecular weight is 371 g/mol. The zero-order valence-corrected chi connectivity index (χ0v) is 15.7. The van der Waals surface area contributed by atoms with E-state index < -0.39 is 6.04 Å². The lowest BCUT2D eigenvalue weighted by Gasteiger charge is -2.26. The summed E-state index contributed by atoms with van der Waals surface area (Å²) in [4.78, 5) is 38.0. The molecule has 1 aromatic carbocycles. The molecule has 0 saturated carbocycles. The lowest BCUT2D eigenvalue weighted by molar-refractivity contribution is -0.124. The Morgan fingerprint density at radius 3 is 2.78 bits per heavy atom. The highest BCUT2D eigenvalue weighted by Crippen LogP contribution is 2.26. The second-order valence-electron chi connectivity index (χ2n) is 6.69. The zero-order valence-electron chi connectivity index (χ0n) is 15.7. The summed E-state index contributed by atoms with van der Waals surface area (Å²) in [6.07, 6.45) is 2.83. The number of benzene rings is 1. The van der Waals surface area contributed by atoms with Crippen molar-refractivity contribution in [2.75, 3.05) is 26.2 Å². The summed E-state index contributed by atoms with van der Waals surface area (Å²) >= 11 is 0. The fraction of sp³-hybridized carbons (Fsp3) is 0.450. The van der Waals surface area contributed by atoms with Gasteiger partial charge in [0, 0.05) is 42.3 Å². The predicted molar refractivity (Wildman–Crippen MR) is 102 cm³/mol. The molecule has 1 saturated heterocycles. The molecule has 0 bridgehead atoms. The molecule has 7 heteroatoms. The van der Waals surface area contributed by atoms with Gasteiger partial charge in [0.2, 0.25) is 5.91 Å². The second-order valence-corrected chi connectivity index (χ2v) is 6.69. The van der Waals surface area contributed by atoms with Gasteiger partial charge in [-0.3, -0.25) is 9.59 Å². The van der Waals surface area contributed by atoms with Crippen LogP contribution in [-0.2, 0) is 9.53 Å². The molecule has 0 spiro atoms. The number of rotatable bonds is 7. The summed E-state index contributed by atoms with van der Waals surface area (Å²) in [5.41, 5.74) is 1.48. The minimum absolute atomic E-state index is 0.0242. The molecule has 0 aliphatic carbocycles. The lowest BCUT2D eigenvalue weighted by Crippen LogP contribution is -2.43. The number of fused-ring (bicyclic) bond motifs is 1. The van der Waals surface area contributed by atoms with E-state index in [-0.39, 0.29) is 17.8 Å². The zero-order chi connectivity index (χ0) is 19.4. The van der Waals surface area contributed by atoms with Gasteiger partial charge in [0.25, 0.3) is 0 Å². The van der Waals surface area contributed by atoms with Crippen LogP contribution in [0.3, 0.4) is 0 Å². The second kappa shape index (κ2) is 8.24. The molecule has 1 unspecified atom stereocenters. The molecular formula is C20H25N3O4. The molecule has 2 heterocycles. The molecule has 0 radical (unpaired) electrons. The standard InChI is InChI=1S/C20H25N3O4/c1-3-17(19(25)21-9-11-22-10-6-12-27-20(22)26)23-13-16(14(2)24)15-7-4-5-8-18(15)23/h4-5,7-8,13,17H,3,6,9-12H2,1-2H3,(H,21,25). The SMILES string of the molecule is CCC(C(=O)NCCN1CCCOC1=O)n1cc(C(C)=O)c2ccccc21. The Kier molecular flexibility index (Phi) is 5.78. The largest absolute Gasteiger partial charge is 0.449 e. The quantitative estimate of drug-likeness (QED) is 0.759. The van der Waals surface area contributed by atoms with E-state index in [4.69, 9.17) is 4.74 Å². The molecular weight excluding hydrogens is 346 g/mol. The van der Waals surface area contributed by atoms with Gasteiger partial charge in [-0.15, -0.1) is 0 Å². The van der Waals surface area contributed by atoms with Crippen molar-refractivity contribution in [3.63, 3.8) is 0 Å². The van der Waals surface area contributed by atoms with Crippen molar-refractivity contribution in [1.29, 1.82) is 0 Å². The number of ketones is 1. The van der Waals surface area contributed by atoms with Gasteiger partial charge in [0.15, 0.2) is 5.78 Å². The van der Waals surface area contributed by atoms with Gasteiger partial charge in [0.1, 0.15) is 6.04 Å². The molecule has 1 fully saturated rings. The molecule has 27 heavy (non-hydrogen) atoms.